The van der Waals surface area contributed by atoms with Gasteiger partial charge in [0.25, 0.3) is 0 Å². The average Bonchev–Trinajstić information content (AvgIpc) is 2.93. The third kappa shape index (κ3) is 3.30. The van der Waals surface area contributed by atoms with Gasteiger partial charge in [-0.1, -0.05) is 18.5 Å². The van der Waals surface area contributed by atoms with Gasteiger partial charge in [0.05, 0.1) is 33.8 Å². The van der Waals surface area contributed by atoms with Gasteiger partial charge >= 0.3 is 0 Å². The Balaban J connectivity index is 2.35. The number of nitrogens with zero attached hydrogens (tertiary/aromatic N) is 4. The molecule has 0 saturated heterocycles. The maximum absolute atomic E-state index is 6.39. The Hall–Kier alpha value is -1.33. The molecule has 1 unspecified atom stereocenters. The third-order valence-corrected chi connectivity index (χ3v) is 4.19. The molecule has 0 amide bonds. The van der Waals surface area contributed by atoms with Crippen LogP contribution in [0.1, 0.15) is 42.7 Å². The highest BCUT2D eigenvalue weighted by molar-refractivity contribution is 6.31. The predicted molar refractivity (Wildman–Crippen MR) is 85.7 cm³/mol. The highest BCUT2D eigenvalue weighted by Crippen LogP contribution is 2.26. The molecule has 0 bridgehead atoms. The number of hydrogen-bond donors (Lipinski definition) is 1. The fourth-order valence-electron chi connectivity index (χ4n) is 2.72. The highest BCUT2D eigenvalue weighted by Gasteiger charge is 2.21. The first-order chi connectivity index (χ1) is 9.97. The highest BCUT2D eigenvalue weighted by atomic mass is 35.5. The summed E-state index contributed by atoms with van der Waals surface area (Å²) >= 11 is 6.39. The topological polar surface area (TPSA) is 47.7 Å². The van der Waals surface area contributed by atoms with Crippen molar-refractivity contribution in [3.05, 3.63) is 33.9 Å². The lowest BCUT2D eigenvalue weighted by molar-refractivity contribution is 0.478. The lowest BCUT2D eigenvalue weighted by Gasteiger charge is -2.19. The van der Waals surface area contributed by atoms with Gasteiger partial charge in [0.15, 0.2) is 0 Å². The first-order valence-electron chi connectivity index (χ1n) is 7.43. The van der Waals surface area contributed by atoms with Gasteiger partial charge < -0.3 is 5.32 Å². The van der Waals surface area contributed by atoms with Crippen molar-refractivity contribution in [2.24, 2.45) is 7.05 Å². The summed E-state index contributed by atoms with van der Waals surface area (Å²) in [5, 5.41) is 13.2. The van der Waals surface area contributed by atoms with E-state index in [1.54, 1.807) is 0 Å². The van der Waals surface area contributed by atoms with Crippen molar-refractivity contribution in [1.82, 2.24) is 24.9 Å². The molecule has 2 rings (SSSR count). The van der Waals surface area contributed by atoms with Crippen LogP contribution >= 0.6 is 11.6 Å². The Kier molecular flexibility index (Phi) is 5.06. The van der Waals surface area contributed by atoms with Crippen LogP contribution in [-0.2, 0) is 20.0 Å². The molecule has 6 heteroatoms. The first kappa shape index (κ1) is 16.0. The molecule has 1 atom stereocenters. The van der Waals surface area contributed by atoms with E-state index in [0.29, 0.717) is 0 Å². The van der Waals surface area contributed by atoms with Crippen molar-refractivity contribution in [2.45, 2.75) is 46.7 Å². The second-order valence-electron chi connectivity index (χ2n) is 5.31. The molecule has 2 heterocycles. The van der Waals surface area contributed by atoms with Gasteiger partial charge in [-0.05, 0) is 33.4 Å². The predicted octanol–water partition coefficient (Wildman–Crippen LogP) is 2.80. The van der Waals surface area contributed by atoms with Crippen LogP contribution < -0.4 is 5.32 Å². The van der Waals surface area contributed by atoms with E-state index in [4.69, 9.17) is 11.6 Å². The molecule has 0 aromatic carbocycles. The maximum Gasteiger partial charge on any atom is 0.0847 e. The maximum atomic E-state index is 6.39. The van der Waals surface area contributed by atoms with Gasteiger partial charge in [0.1, 0.15) is 0 Å². The number of hydrogen-bond acceptors (Lipinski definition) is 3. The molecule has 21 heavy (non-hydrogen) atoms. The normalized spacial score (nSPS) is 12.9. The van der Waals surface area contributed by atoms with Crippen molar-refractivity contribution in [2.75, 3.05) is 6.54 Å². The second kappa shape index (κ2) is 6.62. The zero-order chi connectivity index (χ0) is 15.6. The fourth-order valence-corrected chi connectivity index (χ4v) is 2.96. The number of likely N-dealkylation sites (N-methyl/N-ethyl adjacent to an activating group) is 1. The minimum Gasteiger partial charge on any atom is -0.309 e. The van der Waals surface area contributed by atoms with Gasteiger partial charge in [-0.15, -0.1) is 0 Å². The largest absolute Gasteiger partial charge is 0.309 e. The van der Waals surface area contributed by atoms with Crippen LogP contribution in [-0.4, -0.2) is 26.1 Å². The molecule has 2 aromatic rings. The lowest BCUT2D eigenvalue weighted by atomic mass is 10.1. The molecular formula is C15H24ClN5. The van der Waals surface area contributed by atoms with Crippen LogP contribution in [0, 0.1) is 13.8 Å². The Morgan fingerprint density at radius 3 is 2.52 bits per heavy atom. The van der Waals surface area contributed by atoms with Crippen molar-refractivity contribution in [1.29, 1.82) is 0 Å². The van der Waals surface area contributed by atoms with Gasteiger partial charge in [-0.3, -0.25) is 9.36 Å². The summed E-state index contributed by atoms with van der Waals surface area (Å²) in [6, 6.07) is 2.33. The van der Waals surface area contributed by atoms with Crippen molar-refractivity contribution in [3.63, 3.8) is 0 Å². The molecule has 0 spiro atoms. The number of halogens is 1. The summed E-state index contributed by atoms with van der Waals surface area (Å²) in [5.41, 5.74) is 4.18. The molecule has 2 aromatic heterocycles. The Morgan fingerprint density at radius 1 is 1.29 bits per heavy atom. The number of rotatable bonds is 6. The van der Waals surface area contributed by atoms with E-state index in [2.05, 4.69) is 40.1 Å². The van der Waals surface area contributed by atoms with E-state index in [1.165, 1.54) is 5.69 Å². The molecule has 0 saturated carbocycles. The third-order valence-electron chi connectivity index (χ3n) is 3.70. The number of nitrogens with one attached hydrogen (secondary N) is 1. The summed E-state index contributed by atoms with van der Waals surface area (Å²) in [4.78, 5) is 0. The van der Waals surface area contributed by atoms with E-state index < -0.39 is 0 Å². The van der Waals surface area contributed by atoms with E-state index in [1.807, 2.05) is 25.6 Å². The SMILES string of the molecule is CCNC(Cc1c(Cl)c(C)nn1C)c1cc(C)nn1CC. The minimum atomic E-state index is 0.184. The van der Waals surface area contributed by atoms with Gasteiger partial charge in [-0.25, -0.2) is 0 Å². The van der Waals surface area contributed by atoms with Crippen LogP contribution in [0.3, 0.4) is 0 Å². The molecule has 0 radical (unpaired) electrons. The smallest absolute Gasteiger partial charge is 0.0847 e. The molecule has 1 N–H and O–H groups in total. The van der Waals surface area contributed by atoms with E-state index in [-0.39, 0.29) is 6.04 Å². The Morgan fingerprint density at radius 2 is 2.00 bits per heavy atom. The second-order valence-corrected chi connectivity index (χ2v) is 5.69. The molecule has 0 aliphatic heterocycles. The van der Waals surface area contributed by atoms with Crippen molar-refractivity contribution < 1.29 is 0 Å². The van der Waals surface area contributed by atoms with Gasteiger partial charge in [-0.2, -0.15) is 10.2 Å². The zero-order valence-corrected chi connectivity index (χ0v) is 14.2. The van der Waals surface area contributed by atoms with E-state index in [0.717, 1.165) is 41.6 Å². The summed E-state index contributed by atoms with van der Waals surface area (Å²) < 4.78 is 3.93. The van der Waals surface area contributed by atoms with Crippen molar-refractivity contribution >= 4 is 11.6 Å². The lowest BCUT2D eigenvalue weighted by Crippen LogP contribution is -2.26. The van der Waals surface area contributed by atoms with Gasteiger partial charge in [0, 0.05) is 20.0 Å². The summed E-state index contributed by atoms with van der Waals surface area (Å²) in [6.45, 7) is 9.95. The molecule has 0 aliphatic carbocycles. The van der Waals surface area contributed by atoms with Crippen LogP contribution in [0.4, 0.5) is 0 Å². The summed E-state index contributed by atoms with van der Waals surface area (Å²) in [5.74, 6) is 0. The average molecular weight is 310 g/mol. The van der Waals surface area contributed by atoms with Crippen LogP contribution in [0.5, 0.6) is 0 Å². The van der Waals surface area contributed by atoms with E-state index in [9.17, 15) is 0 Å². The molecule has 5 nitrogen and oxygen atoms in total. The molecule has 0 fully saturated rings. The Bertz CT molecular complexity index is 614. The fraction of sp³-hybridized carbons (Fsp3) is 0.600. The van der Waals surface area contributed by atoms with Gasteiger partial charge in [0.2, 0.25) is 0 Å². The molecule has 116 valence electrons. The zero-order valence-electron chi connectivity index (χ0n) is 13.4. The van der Waals surface area contributed by atoms with Crippen LogP contribution in [0.2, 0.25) is 5.02 Å². The van der Waals surface area contributed by atoms with Crippen LogP contribution in [0.15, 0.2) is 6.07 Å². The summed E-state index contributed by atoms with van der Waals surface area (Å²) in [6.07, 6.45) is 0.801. The van der Waals surface area contributed by atoms with Crippen LogP contribution in [0.25, 0.3) is 0 Å². The number of aryl methyl sites for hydroxylation is 4. The Labute approximate surface area is 131 Å². The van der Waals surface area contributed by atoms with E-state index >= 15 is 0 Å². The molecule has 0 aliphatic rings. The molecular weight excluding hydrogens is 286 g/mol. The first-order valence-corrected chi connectivity index (χ1v) is 7.81. The minimum absolute atomic E-state index is 0.184. The van der Waals surface area contributed by atoms with Crippen molar-refractivity contribution in [3.8, 4) is 0 Å². The quantitative estimate of drug-likeness (QED) is 0.892. The summed E-state index contributed by atoms with van der Waals surface area (Å²) in [7, 11) is 1.94. The standard InChI is InChI=1S/C15H24ClN5/c1-6-17-12(13-8-10(3)18-21(13)7-2)9-14-15(16)11(4)19-20(14)5/h8,12,17H,6-7,9H2,1-5H3. The number of aromatic nitrogens is 4. The monoisotopic (exact) mass is 309 g/mol.